The van der Waals surface area contributed by atoms with Gasteiger partial charge < -0.3 is 18.9 Å². The first-order valence-electron chi connectivity index (χ1n) is 13.5. The summed E-state index contributed by atoms with van der Waals surface area (Å²) in [6.45, 7) is 6.56. The number of ether oxygens (including phenoxy) is 4. The molecule has 0 aromatic heterocycles. The number of carbonyl (C=O) groups excluding carboxylic acids is 3. The summed E-state index contributed by atoms with van der Waals surface area (Å²) in [5.41, 5.74) is 5.35. The van der Waals surface area contributed by atoms with E-state index in [0.717, 1.165) is 30.9 Å². The lowest BCUT2D eigenvalue weighted by molar-refractivity contribution is -0.141. The van der Waals surface area contributed by atoms with Gasteiger partial charge in [-0.15, -0.1) is 0 Å². The van der Waals surface area contributed by atoms with Crippen LogP contribution in [-0.4, -0.2) is 31.1 Å². The van der Waals surface area contributed by atoms with Gasteiger partial charge in [0.1, 0.15) is 17.2 Å². The van der Waals surface area contributed by atoms with Crippen LogP contribution < -0.4 is 14.2 Å². The SMILES string of the molecule is C=CC(=O)Oc1ccc(C2=CC=C(C3=CC=C(C(=O)Oc4ccc(OCCCOC(=O)C(=C)F)cc4)CC3)CC2)cc1. The highest BCUT2D eigenvalue weighted by atomic mass is 19.1. The monoisotopic (exact) mass is 570 g/mol. The first kappa shape index (κ1) is 30.0. The van der Waals surface area contributed by atoms with Crippen LogP contribution in [0.2, 0.25) is 0 Å². The van der Waals surface area contributed by atoms with E-state index < -0.39 is 23.7 Å². The molecule has 216 valence electrons. The molecule has 2 aromatic rings. The molecule has 0 spiro atoms. The van der Waals surface area contributed by atoms with Gasteiger partial charge in [-0.3, -0.25) is 0 Å². The zero-order valence-corrected chi connectivity index (χ0v) is 23.1. The molecule has 0 fully saturated rings. The summed E-state index contributed by atoms with van der Waals surface area (Å²) < 4.78 is 33.4. The summed E-state index contributed by atoms with van der Waals surface area (Å²) in [5, 5.41) is 0. The fourth-order valence-corrected chi connectivity index (χ4v) is 4.38. The van der Waals surface area contributed by atoms with Crippen LogP contribution >= 0.6 is 0 Å². The van der Waals surface area contributed by atoms with Crippen LogP contribution in [0.3, 0.4) is 0 Å². The van der Waals surface area contributed by atoms with Gasteiger partial charge in [-0.25, -0.2) is 14.4 Å². The normalized spacial score (nSPS) is 14.3. The fourth-order valence-electron chi connectivity index (χ4n) is 4.38. The van der Waals surface area contributed by atoms with E-state index in [1.54, 1.807) is 36.4 Å². The molecule has 0 radical (unpaired) electrons. The quantitative estimate of drug-likeness (QED) is 0.118. The van der Waals surface area contributed by atoms with Crippen molar-refractivity contribution in [1.82, 2.24) is 0 Å². The Bertz CT molecular complexity index is 1470. The number of carbonyl (C=O) groups is 3. The second-order valence-electron chi connectivity index (χ2n) is 9.52. The summed E-state index contributed by atoms with van der Waals surface area (Å²) >= 11 is 0. The van der Waals surface area contributed by atoms with Gasteiger partial charge in [0.15, 0.2) is 0 Å². The molecule has 0 heterocycles. The van der Waals surface area contributed by atoms with Crippen molar-refractivity contribution in [3.05, 3.63) is 120 Å². The number of halogens is 1. The Hall–Kier alpha value is -4.98. The van der Waals surface area contributed by atoms with Crippen LogP contribution in [0.4, 0.5) is 4.39 Å². The van der Waals surface area contributed by atoms with Crippen LogP contribution in [0.15, 0.2) is 115 Å². The smallest absolute Gasteiger partial charge is 0.366 e. The maximum atomic E-state index is 12.7. The van der Waals surface area contributed by atoms with E-state index >= 15 is 0 Å². The van der Waals surface area contributed by atoms with Crippen molar-refractivity contribution >= 4 is 23.5 Å². The third kappa shape index (κ3) is 8.51. The van der Waals surface area contributed by atoms with Crippen molar-refractivity contribution in [3.63, 3.8) is 0 Å². The predicted molar refractivity (Wildman–Crippen MR) is 156 cm³/mol. The molecule has 0 bridgehead atoms. The van der Waals surface area contributed by atoms with Crippen LogP contribution in [0.5, 0.6) is 17.2 Å². The molecule has 4 rings (SSSR count). The minimum Gasteiger partial charge on any atom is -0.493 e. The number of benzene rings is 2. The Kier molecular flexibility index (Phi) is 10.4. The van der Waals surface area contributed by atoms with Crippen molar-refractivity contribution in [2.24, 2.45) is 0 Å². The summed E-state index contributed by atoms with van der Waals surface area (Å²) in [7, 11) is 0. The molecular weight excluding hydrogens is 539 g/mol. The van der Waals surface area contributed by atoms with Crippen LogP contribution in [0, 0.1) is 0 Å². The first-order chi connectivity index (χ1) is 20.3. The maximum absolute atomic E-state index is 12.7. The van der Waals surface area contributed by atoms with Gasteiger partial charge >= 0.3 is 17.9 Å². The van der Waals surface area contributed by atoms with Crippen molar-refractivity contribution in [2.45, 2.75) is 32.1 Å². The molecule has 2 aliphatic rings. The van der Waals surface area contributed by atoms with E-state index in [0.29, 0.717) is 35.7 Å². The topological polar surface area (TPSA) is 88.1 Å². The molecule has 0 unspecified atom stereocenters. The third-order valence-electron chi connectivity index (χ3n) is 6.63. The molecular formula is C34H31FO7. The van der Waals surface area contributed by atoms with Gasteiger partial charge in [0.2, 0.25) is 5.83 Å². The van der Waals surface area contributed by atoms with Gasteiger partial charge in [-0.1, -0.05) is 49.6 Å². The number of rotatable bonds is 12. The summed E-state index contributed by atoms with van der Waals surface area (Å²) in [5.74, 6) is -1.65. The Morgan fingerprint density at radius 1 is 0.738 bits per heavy atom. The Balaban J connectivity index is 1.26. The summed E-state index contributed by atoms with van der Waals surface area (Å²) in [6, 6.07) is 14.1. The van der Waals surface area contributed by atoms with E-state index in [1.165, 1.54) is 16.7 Å². The molecule has 0 saturated carbocycles. The maximum Gasteiger partial charge on any atom is 0.366 e. The van der Waals surface area contributed by atoms with Gasteiger partial charge in [-0.05, 0) is 84.4 Å². The van der Waals surface area contributed by atoms with Crippen LogP contribution in [0.25, 0.3) is 5.57 Å². The average molecular weight is 571 g/mol. The molecule has 0 amide bonds. The van der Waals surface area contributed by atoms with Crippen molar-refractivity contribution < 1.29 is 37.7 Å². The number of hydrogen-bond acceptors (Lipinski definition) is 7. The highest BCUT2D eigenvalue weighted by molar-refractivity contribution is 5.91. The van der Waals surface area contributed by atoms with Crippen molar-refractivity contribution in [2.75, 3.05) is 13.2 Å². The van der Waals surface area contributed by atoms with Crippen molar-refractivity contribution in [1.29, 1.82) is 0 Å². The predicted octanol–water partition coefficient (Wildman–Crippen LogP) is 6.93. The minimum atomic E-state index is -1.13. The van der Waals surface area contributed by atoms with E-state index in [4.69, 9.17) is 14.2 Å². The van der Waals surface area contributed by atoms with E-state index in [1.807, 2.05) is 24.3 Å². The van der Waals surface area contributed by atoms with Crippen LogP contribution in [0.1, 0.15) is 37.7 Å². The first-order valence-corrected chi connectivity index (χ1v) is 13.5. The van der Waals surface area contributed by atoms with E-state index in [2.05, 4.69) is 30.0 Å². The molecule has 8 heteroatoms. The van der Waals surface area contributed by atoms with Gasteiger partial charge in [0, 0.05) is 18.1 Å². The Morgan fingerprint density at radius 2 is 1.31 bits per heavy atom. The second kappa shape index (κ2) is 14.6. The Labute approximate surface area is 243 Å². The molecule has 0 aliphatic heterocycles. The number of hydrogen-bond donors (Lipinski definition) is 0. The third-order valence-corrected chi connectivity index (χ3v) is 6.63. The lowest BCUT2D eigenvalue weighted by atomic mass is 9.86. The van der Waals surface area contributed by atoms with Crippen molar-refractivity contribution in [3.8, 4) is 17.2 Å². The fraction of sp³-hybridized carbons (Fsp3) is 0.206. The van der Waals surface area contributed by atoms with Crippen LogP contribution in [-0.2, 0) is 19.1 Å². The van der Waals surface area contributed by atoms with Gasteiger partial charge in [0.05, 0.1) is 13.2 Å². The highest BCUT2D eigenvalue weighted by Crippen LogP contribution is 2.34. The lowest BCUT2D eigenvalue weighted by Gasteiger charge is -2.20. The molecule has 0 saturated heterocycles. The lowest BCUT2D eigenvalue weighted by Crippen LogP contribution is -2.13. The largest absolute Gasteiger partial charge is 0.493 e. The van der Waals surface area contributed by atoms with E-state index in [9.17, 15) is 18.8 Å². The standard InChI is InChI=1S/C34H31FO7/c1-3-32(36)41-30-15-13-27(14-16-30)25-7-5-24(6-8-25)26-9-11-28(12-10-26)34(38)42-31-19-17-29(18-20-31)39-21-4-22-40-33(37)23(2)35/h3,5,7,9,11,13-20H,1-2,4,6,8,10,12,21-22H2. The molecule has 2 aromatic carbocycles. The summed E-state index contributed by atoms with van der Waals surface area (Å²) in [6.07, 6.45) is 12.7. The highest BCUT2D eigenvalue weighted by Gasteiger charge is 2.19. The molecule has 7 nitrogen and oxygen atoms in total. The number of allylic oxidation sites excluding steroid dienone is 7. The minimum absolute atomic E-state index is 0.0180. The summed E-state index contributed by atoms with van der Waals surface area (Å²) in [4.78, 5) is 35.1. The van der Waals surface area contributed by atoms with E-state index in [-0.39, 0.29) is 13.2 Å². The zero-order valence-electron chi connectivity index (χ0n) is 23.1. The Morgan fingerprint density at radius 3 is 1.90 bits per heavy atom. The van der Waals surface area contributed by atoms with Gasteiger partial charge in [0.25, 0.3) is 0 Å². The number of esters is 3. The van der Waals surface area contributed by atoms with Gasteiger partial charge in [-0.2, -0.15) is 4.39 Å². The molecule has 0 N–H and O–H groups in total. The molecule has 2 aliphatic carbocycles. The zero-order chi connectivity index (χ0) is 29.9. The average Bonchev–Trinajstić information content (AvgIpc) is 3.02. The second-order valence-corrected chi connectivity index (χ2v) is 9.52. The molecule has 0 atom stereocenters. The molecule has 42 heavy (non-hydrogen) atoms.